The van der Waals surface area contributed by atoms with Crippen LogP contribution in [-0.2, 0) is 4.79 Å². The molecule has 0 aromatic heterocycles. The van der Waals surface area contributed by atoms with Gasteiger partial charge in [0.25, 0.3) is 0 Å². The van der Waals surface area contributed by atoms with Gasteiger partial charge in [-0.25, -0.2) is 0 Å². The number of aliphatic hydroxyl groups is 1. The van der Waals surface area contributed by atoms with Gasteiger partial charge in [-0.05, 0) is 50.4 Å². The van der Waals surface area contributed by atoms with Crippen molar-refractivity contribution in [1.82, 2.24) is 0 Å². The number of allylic oxidation sites excluding steroid dienone is 3. The predicted octanol–water partition coefficient (Wildman–Crippen LogP) is 7.01. The smallest absolute Gasteiger partial charge is 0.303 e. The fourth-order valence-electron chi connectivity index (χ4n) is 3.34. The minimum absolute atomic E-state index is 0. The van der Waals surface area contributed by atoms with Gasteiger partial charge >= 0.3 is 5.97 Å². The Morgan fingerprint density at radius 1 is 1.12 bits per heavy atom. The zero-order valence-corrected chi connectivity index (χ0v) is 14.6. The average molecular weight is 371 g/mol. The lowest BCUT2D eigenvalue weighted by Crippen LogP contribution is -2.07. The topological polar surface area (TPSA) is 57.5 Å². The summed E-state index contributed by atoms with van der Waals surface area (Å²) in [5.41, 5.74) is 0. The Balaban J connectivity index is -0.00000176. The molecule has 0 aliphatic heterocycles. The molecule has 3 heteroatoms. The Kier molecular flexibility index (Phi) is 21.3. The zero-order valence-electron chi connectivity index (χ0n) is 14.6. The summed E-state index contributed by atoms with van der Waals surface area (Å²) < 4.78 is 0. The highest BCUT2D eigenvalue weighted by molar-refractivity contribution is 5.66. The maximum atomic E-state index is 10.4. The second kappa shape index (κ2) is 18.7. The summed E-state index contributed by atoms with van der Waals surface area (Å²) in [7, 11) is 0. The highest BCUT2D eigenvalue weighted by Gasteiger charge is 2.23. The Labute approximate surface area is 163 Å². The number of aliphatic carboxylic acids is 1. The van der Waals surface area contributed by atoms with E-state index in [4.69, 9.17) is 5.11 Å². The van der Waals surface area contributed by atoms with E-state index in [9.17, 15) is 9.90 Å². The summed E-state index contributed by atoms with van der Waals surface area (Å²) >= 11 is 0. The van der Waals surface area contributed by atoms with Gasteiger partial charge in [0.15, 0.2) is 0 Å². The SMILES string of the molecule is C.C.C.CCCCCC(O)/C=C/[C@H]1CCCC1C/C=C\CCCC(=O)O. The van der Waals surface area contributed by atoms with Crippen molar-refractivity contribution in [3.63, 3.8) is 0 Å². The number of rotatable bonds is 12. The Morgan fingerprint density at radius 3 is 2.50 bits per heavy atom. The van der Waals surface area contributed by atoms with E-state index in [1.54, 1.807) is 0 Å². The van der Waals surface area contributed by atoms with E-state index in [-0.39, 0.29) is 34.8 Å². The molecule has 2 unspecified atom stereocenters. The van der Waals surface area contributed by atoms with E-state index in [1.807, 2.05) is 6.08 Å². The normalized spacial score (nSPS) is 20.4. The average Bonchev–Trinajstić information content (AvgIpc) is 2.96. The standard InChI is InChI=1S/C20H34O3.3CH4/c1-2-3-6-13-19(21)16-15-18-12-9-11-17(18)10-7-4-5-8-14-20(22)23;;;/h4,7,15-19,21H,2-3,5-6,8-14H2,1H3,(H,22,23);3*1H4/b7-4-,16-15+;;;/t17?,18-,19?;;;/m1.../s1. The maximum Gasteiger partial charge on any atom is 0.303 e. The second-order valence-electron chi connectivity index (χ2n) is 6.80. The largest absolute Gasteiger partial charge is 0.481 e. The molecule has 0 heterocycles. The molecule has 26 heavy (non-hydrogen) atoms. The number of carbonyl (C=O) groups is 1. The van der Waals surface area contributed by atoms with Crippen LogP contribution >= 0.6 is 0 Å². The van der Waals surface area contributed by atoms with Gasteiger partial charge in [0.2, 0.25) is 0 Å². The number of carboxylic acid groups (broad SMARTS) is 1. The van der Waals surface area contributed by atoms with Crippen LogP contribution in [0.15, 0.2) is 24.3 Å². The third-order valence-electron chi connectivity index (χ3n) is 4.77. The molecule has 0 spiro atoms. The predicted molar refractivity (Wildman–Crippen MR) is 116 cm³/mol. The molecule has 1 rings (SSSR count). The molecule has 0 aromatic carbocycles. The van der Waals surface area contributed by atoms with Crippen LogP contribution in [0.25, 0.3) is 0 Å². The lowest BCUT2D eigenvalue weighted by atomic mass is 9.91. The lowest BCUT2D eigenvalue weighted by molar-refractivity contribution is -0.137. The van der Waals surface area contributed by atoms with Gasteiger partial charge in [-0.15, -0.1) is 0 Å². The number of unbranched alkanes of at least 4 members (excludes halogenated alkanes) is 3. The van der Waals surface area contributed by atoms with Crippen molar-refractivity contribution in [3.05, 3.63) is 24.3 Å². The third kappa shape index (κ3) is 14.1. The van der Waals surface area contributed by atoms with E-state index < -0.39 is 5.97 Å². The highest BCUT2D eigenvalue weighted by atomic mass is 16.4. The zero-order chi connectivity index (χ0) is 16.9. The molecule has 1 aliphatic carbocycles. The molecule has 1 fully saturated rings. The second-order valence-corrected chi connectivity index (χ2v) is 6.80. The van der Waals surface area contributed by atoms with Crippen molar-refractivity contribution < 1.29 is 15.0 Å². The van der Waals surface area contributed by atoms with E-state index in [0.717, 1.165) is 32.1 Å². The van der Waals surface area contributed by atoms with Crippen molar-refractivity contribution >= 4 is 5.97 Å². The van der Waals surface area contributed by atoms with Crippen LogP contribution in [0.2, 0.25) is 0 Å². The van der Waals surface area contributed by atoms with Gasteiger partial charge in [0.1, 0.15) is 0 Å². The van der Waals surface area contributed by atoms with Crippen LogP contribution in [0.3, 0.4) is 0 Å². The van der Waals surface area contributed by atoms with Gasteiger partial charge in [-0.1, -0.05) is 79.2 Å². The van der Waals surface area contributed by atoms with E-state index in [1.165, 1.54) is 32.1 Å². The van der Waals surface area contributed by atoms with Crippen molar-refractivity contribution in [2.75, 3.05) is 0 Å². The van der Waals surface area contributed by atoms with E-state index in [2.05, 4.69) is 25.2 Å². The van der Waals surface area contributed by atoms with Crippen molar-refractivity contribution in [3.8, 4) is 0 Å². The van der Waals surface area contributed by atoms with Crippen molar-refractivity contribution in [2.45, 2.75) is 106 Å². The summed E-state index contributed by atoms with van der Waals surface area (Å²) in [6.45, 7) is 2.18. The fourth-order valence-corrected chi connectivity index (χ4v) is 3.34. The Hall–Kier alpha value is -1.09. The molecule has 0 aromatic rings. The first kappa shape index (κ1) is 29.7. The molecule has 156 valence electrons. The molecule has 2 N–H and O–H groups in total. The van der Waals surface area contributed by atoms with Gasteiger partial charge in [-0.3, -0.25) is 4.79 Å². The third-order valence-corrected chi connectivity index (χ3v) is 4.77. The van der Waals surface area contributed by atoms with Crippen molar-refractivity contribution in [2.24, 2.45) is 11.8 Å². The van der Waals surface area contributed by atoms with E-state index in [0.29, 0.717) is 11.8 Å². The lowest BCUT2D eigenvalue weighted by Gasteiger charge is -2.15. The van der Waals surface area contributed by atoms with Gasteiger partial charge in [-0.2, -0.15) is 0 Å². The van der Waals surface area contributed by atoms with Gasteiger partial charge in [0, 0.05) is 6.42 Å². The van der Waals surface area contributed by atoms with E-state index >= 15 is 0 Å². The van der Waals surface area contributed by atoms with Crippen LogP contribution in [0, 0.1) is 11.8 Å². The highest BCUT2D eigenvalue weighted by Crippen LogP contribution is 2.35. The minimum Gasteiger partial charge on any atom is -0.481 e. The van der Waals surface area contributed by atoms with Crippen LogP contribution in [-0.4, -0.2) is 22.3 Å². The summed E-state index contributed by atoms with van der Waals surface area (Å²) in [4.78, 5) is 10.4. The number of hydrogen-bond donors (Lipinski definition) is 2. The number of hydrogen-bond acceptors (Lipinski definition) is 2. The molecular weight excluding hydrogens is 324 g/mol. The van der Waals surface area contributed by atoms with Gasteiger partial charge < -0.3 is 10.2 Å². The molecule has 0 amide bonds. The quantitative estimate of drug-likeness (QED) is 0.287. The fraction of sp³-hybridized carbons (Fsp3) is 0.783. The maximum absolute atomic E-state index is 10.4. The molecule has 1 saturated carbocycles. The van der Waals surface area contributed by atoms with Gasteiger partial charge in [0.05, 0.1) is 6.10 Å². The first-order valence-corrected chi connectivity index (χ1v) is 9.36. The Bertz CT molecular complexity index is 374. The monoisotopic (exact) mass is 370 g/mol. The molecule has 3 nitrogen and oxygen atoms in total. The molecule has 3 atom stereocenters. The molecule has 0 saturated heterocycles. The van der Waals surface area contributed by atoms with Crippen LogP contribution in [0.1, 0.15) is 99.8 Å². The molecule has 0 bridgehead atoms. The Morgan fingerprint density at radius 2 is 1.85 bits per heavy atom. The molecule has 1 aliphatic rings. The minimum atomic E-state index is -0.711. The molecule has 0 radical (unpaired) electrons. The number of aliphatic hydroxyl groups excluding tert-OH is 1. The van der Waals surface area contributed by atoms with Crippen LogP contribution in [0.4, 0.5) is 0 Å². The summed E-state index contributed by atoms with van der Waals surface area (Å²) in [5, 5.41) is 18.6. The molecular formula is C23H46O3. The van der Waals surface area contributed by atoms with Crippen LogP contribution in [0.5, 0.6) is 0 Å². The number of carboxylic acids is 1. The van der Waals surface area contributed by atoms with Crippen molar-refractivity contribution in [1.29, 1.82) is 0 Å². The summed E-state index contributed by atoms with van der Waals surface area (Å²) in [6.07, 6.45) is 19.4. The summed E-state index contributed by atoms with van der Waals surface area (Å²) in [5.74, 6) is 0.571. The first-order chi connectivity index (χ1) is 11.1. The van der Waals surface area contributed by atoms with Crippen LogP contribution < -0.4 is 0 Å². The first-order valence-electron chi connectivity index (χ1n) is 9.36. The summed E-state index contributed by atoms with van der Waals surface area (Å²) in [6, 6.07) is 0.